The molecule has 0 aromatic carbocycles. The molecule has 17 heavy (non-hydrogen) atoms. The Bertz CT molecular complexity index is 259. The van der Waals surface area contributed by atoms with E-state index >= 15 is 0 Å². The van der Waals surface area contributed by atoms with Crippen LogP contribution < -0.4 is 5.32 Å². The SMILES string of the molecule is CC(C)[C@@H]1CNCCCN1C(=O)OC(C)(C)C. The van der Waals surface area contributed by atoms with Crippen molar-refractivity contribution in [1.29, 1.82) is 0 Å². The zero-order chi connectivity index (χ0) is 13.1. The van der Waals surface area contributed by atoms with Gasteiger partial charge in [0.15, 0.2) is 0 Å². The van der Waals surface area contributed by atoms with Gasteiger partial charge in [0.2, 0.25) is 0 Å². The fraction of sp³-hybridized carbons (Fsp3) is 0.923. The Kier molecular flexibility index (Phi) is 4.80. The third-order valence-electron chi connectivity index (χ3n) is 2.90. The van der Waals surface area contributed by atoms with E-state index in [9.17, 15) is 4.79 Å². The molecule has 1 saturated heterocycles. The van der Waals surface area contributed by atoms with Gasteiger partial charge >= 0.3 is 6.09 Å². The summed E-state index contributed by atoms with van der Waals surface area (Å²) in [7, 11) is 0. The smallest absolute Gasteiger partial charge is 0.410 e. The highest BCUT2D eigenvalue weighted by Crippen LogP contribution is 2.17. The van der Waals surface area contributed by atoms with Gasteiger partial charge in [-0.3, -0.25) is 0 Å². The highest BCUT2D eigenvalue weighted by molar-refractivity contribution is 5.68. The Balaban J connectivity index is 2.72. The van der Waals surface area contributed by atoms with Gasteiger partial charge in [-0.25, -0.2) is 4.79 Å². The van der Waals surface area contributed by atoms with E-state index in [1.807, 2.05) is 25.7 Å². The molecule has 1 rings (SSSR count). The number of hydrogen-bond donors (Lipinski definition) is 1. The number of carbonyl (C=O) groups is 1. The minimum absolute atomic E-state index is 0.181. The van der Waals surface area contributed by atoms with Crippen LogP contribution in [-0.2, 0) is 4.74 Å². The zero-order valence-corrected chi connectivity index (χ0v) is 11.7. The van der Waals surface area contributed by atoms with Crippen molar-refractivity contribution in [1.82, 2.24) is 10.2 Å². The zero-order valence-electron chi connectivity index (χ0n) is 11.7. The van der Waals surface area contributed by atoms with Crippen LogP contribution in [0, 0.1) is 5.92 Å². The first-order valence-electron chi connectivity index (χ1n) is 6.51. The molecule has 1 aliphatic heterocycles. The number of ether oxygens (including phenoxy) is 1. The molecule has 1 heterocycles. The van der Waals surface area contributed by atoms with Crippen LogP contribution in [0.5, 0.6) is 0 Å². The van der Waals surface area contributed by atoms with Crippen LogP contribution in [0.4, 0.5) is 4.79 Å². The first kappa shape index (κ1) is 14.3. The van der Waals surface area contributed by atoms with Crippen molar-refractivity contribution >= 4 is 6.09 Å². The quantitative estimate of drug-likeness (QED) is 0.766. The molecule has 4 heteroatoms. The molecular formula is C13H26N2O2. The summed E-state index contributed by atoms with van der Waals surface area (Å²) in [5, 5.41) is 3.38. The lowest BCUT2D eigenvalue weighted by Crippen LogP contribution is -2.48. The standard InChI is InChI=1S/C13H26N2O2/c1-10(2)11-9-14-7-6-8-15(11)12(16)17-13(3,4)5/h10-11,14H,6-9H2,1-5H3/t11-/m0/s1. The van der Waals surface area contributed by atoms with Crippen molar-refractivity contribution in [3.8, 4) is 0 Å². The molecule has 0 spiro atoms. The van der Waals surface area contributed by atoms with Crippen molar-refractivity contribution in [2.45, 2.75) is 52.7 Å². The van der Waals surface area contributed by atoms with Crippen LogP contribution in [0.1, 0.15) is 41.0 Å². The maximum Gasteiger partial charge on any atom is 0.410 e. The van der Waals surface area contributed by atoms with Gasteiger partial charge in [-0.15, -0.1) is 0 Å². The summed E-state index contributed by atoms with van der Waals surface area (Å²) in [5.41, 5.74) is -0.418. The number of hydrogen-bond acceptors (Lipinski definition) is 3. The largest absolute Gasteiger partial charge is 0.444 e. The van der Waals surface area contributed by atoms with E-state index in [4.69, 9.17) is 4.74 Å². The molecule has 1 fully saturated rings. The van der Waals surface area contributed by atoms with Gasteiger partial charge in [0.1, 0.15) is 5.60 Å². The van der Waals surface area contributed by atoms with Crippen LogP contribution >= 0.6 is 0 Å². The summed E-state index contributed by atoms with van der Waals surface area (Å²) in [5.74, 6) is 0.438. The van der Waals surface area contributed by atoms with Gasteiger partial charge in [0, 0.05) is 19.1 Å². The molecule has 1 N–H and O–H groups in total. The van der Waals surface area contributed by atoms with Crippen molar-refractivity contribution < 1.29 is 9.53 Å². The van der Waals surface area contributed by atoms with Gasteiger partial charge in [0.25, 0.3) is 0 Å². The Morgan fingerprint density at radius 3 is 2.59 bits per heavy atom. The molecule has 100 valence electrons. The highest BCUT2D eigenvalue weighted by Gasteiger charge is 2.30. The number of amides is 1. The van der Waals surface area contributed by atoms with Crippen LogP contribution in [0.25, 0.3) is 0 Å². The number of rotatable bonds is 1. The Labute approximate surface area is 105 Å². The average molecular weight is 242 g/mol. The van der Waals surface area contributed by atoms with Crippen LogP contribution in [0.3, 0.4) is 0 Å². The van der Waals surface area contributed by atoms with Crippen LogP contribution in [0.15, 0.2) is 0 Å². The Morgan fingerprint density at radius 2 is 2.06 bits per heavy atom. The lowest BCUT2D eigenvalue weighted by atomic mass is 10.0. The molecule has 1 amide bonds. The summed E-state index contributed by atoms with van der Waals surface area (Å²) in [4.78, 5) is 14.0. The molecule has 1 aliphatic rings. The van der Waals surface area contributed by atoms with Gasteiger partial charge < -0.3 is 15.0 Å². The molecule has 0 aromatic rings. The van der Waals surface area contributed by atoms with Crippen molar-refractivity contribution in [2.24, 2.45) is 5.92 Å². The fourth-order valence-electron chi connectivity index (χ4n) is 2.04. The van der Waals surface area contributed by atoms with Crippen molar-refractivity contribution in [3.63, 3.8) is 0 Å². The third-order valence-corrected chi connectivity index (χ3v) is 2.90. The minimum atomic E-state index is -0.418. The third kappa shape index (κ3) is 4.54. The molecule has 0 aromatic heterocycles. The molecule has 0 aliphatic carbocycles. The number of nitrogens with zero attached hydrogens (tertiary/aromatic N) is 1. The fourth-order valence-corrected chi connectivity index (χ4v) is 2.04. The van der Waals surface area contributed by atoms with Gasteiger partial charge in [-0.05, 0) is 39.7 Å². The second kappa shape index (κ2) is 5.71. The average Bonchev–Trinajstić information content (AvgIpc) is 2.39. The minimum Gasteiger partial charge on any atom is -0.444 e. The molecule has 0 saturated carbocycles. The van der Waals surface area contributed by atoms with Gasteiger partial charge in [-0.1, -0.05) is 13.8 Å². The summed E-state index contributed by atoms with van der Waals surface area (Å²) in [6, 6.07) is 0.229. The van der Waals surface area contributed by atoms with E-state index in [0.29, 0.717) is 5.92 Å². The molecule has 4 nitrogen and oxygen atoms in total. The maximum absolute atomic E-state index is 12.2. The van der Waals surface area contributed by atoms with E-state index in [1.54, 1.807) is 0 Å². The Morgan fingerprint density at radius 1 is 1.41 bits per heavy atom. The highest BCUT2D eigenvalue weighted by atomic mass is 16.6. The lowest BCUT2D eigenvalue weighted by Gasteiger charge is -2.34. The van der Waals surface area contributed by atoms with Gasteiger partial charge in [0.05, 0.1) is 0 Å². The van der Waals surface area contributed by atoms with Crippen LogP contribution in [-0.4, -0.2) is 42.3 Å². The van der Waals surface area contributed by atoms with E-state index in [-0.39, 0.29) is 12.1 Å². The molecule has 1 atom stereocenters. The lowest BCUT2D eigenvalue weighted by molar-refractivity contribution is 0.0132. The van der Waals surface area contributed by atoms with Crippen molar-refractivity contribution in [3.05, 3.63) is 0 Å². The van der Waals surface area contributed by atoms with Gasteiger partial charge in [-0.2, -0.15) is 0 Å². The van der Waals surface area contributed by atoms with Crippen LogP contribution in [0.2, 0.25) is 0 Å². The van der Waals surface area contributed by atoms with E-state index in [0.717, 1.165) is 26.1 Å². The monoisotopic (exact) mass is 242 g/mol. The summed E-state index contributed by atoms with van der Waals surface area (Å²) < 4.78 is 5.47. The molecule has 0 bridgehead atoms. The predicted molar refractivity (Wildman–Crippen MR) is 69.1 cm³/mol. The second-order valence-electron chi connectivity index (χ2n) is 6.04. The maximum atomic E-state index is 12.2. The van der Waals surface area contributed by atoms with Crippen molar-refractivity contribution in [2.75, 3.05) is 19.6 Å². The summed E-state index contributed by atoms with van der Waals surface area (Å²) in [6.45, 7) is 12.6. The van der Waals surface area contributed by atoms with E-state index in [1.165, 1.54) is 0 Å². The second-order valence-corrected chi connectivity index (χ2v) is 6.04. The number of nitrogens with one attached hydrogen (secondary N) is 1. The molecular weight excluding hydrogens is 216 g/mol. The summed E-state index contributed by atoms with van der Waals surface area (Å²) >= 11 is 0. The molecule has 0 radical (unpaired) electrons. The number of carbonyl (C=O) groups excluding carboxylic acids is 1. The first-order chi connectivity index (χ1) is 7.81. The van der Waals surface area contributed by atoms with E-state index < -0.39 is 5.60 Å². The first-order valence-corrected chi connectivity index (χ1v) is 6.51. The van der Waals surface area contributed by atoms with E-state index in [2.05, 4.69) is 19.2 Å². The predicted octanol–water partition coefficient (Wildman–Crippen LogP) is 2.24. The molecule has 0 unspecified atom stereocenters. The summed E-state index contributed by atoms with van der Waals surface area (Å²) in [6.07, 6.45) is 0.808. The topological polar surface area (TPSA) is 41.6 Å². The normalized spacial score (nSPS) is 22.5. The Hall–Kier alpha value is -0.770.